The third kappa shape index (κ3) is 3.12. The highest BCUT2D eigenvalue weighted by Gasteiger charge is 2.18. The number of aryl methyl sites for hydroxylation is 1. The van der Waals surface area contributed by atoms with Crippen molar-refractivity contribution in [3.8, 4) is 5.75 Å². The van der Waals surface area contributed by atoms with Crippen LogP contribution in [0.3, 0.4) is 0 Å². The van der Waals surface area contributed by atoms with E-state index in [2.05, 4.69) is 15.7 Å². The summed E-state index contributed by atoms with van der Waals surface area (Å²) in [5.74, 6) is -0.265. The van der Waals surface area contributed by atoms with Gasteiger partial charge in [0.05, 0.1) is 11.7 Å². The van der Waals surface area contributed by atoms with Gasteiger partial charge in [-0.25, -0.2) is 0 Å². The number of hydrogen-bond acceptors (Lipinski definition) is 4. The quantitative estimate of drug-likeness (QED) is 0.758. The van der Waals surface area contributed by atoms with E-state index in [-0.39, 0.29) is 11.7 Å². The van der Waals surface area contributed by atoms with E-state index in [1.165, 1.54) is 0 Å². The van der Waals surface area contributed by atoms with Crippen LogP contribution in [-0.2, 0) is 0 Å². The van der Waals surface area contributed by atoms with Crippen molar-refractivity contribution in [3.05, 3.63) is 41.7 Å². The number of aromatic nitrogens is 2. The number of phenolic OH excluding ortho intramolecular Hbond substituents is 1. The van der Waals surface area contributed by atoms with Crippen molar-refractivity contribution in [2.45, 2.75) is 25.8 Å². The third-order valence-electron chi connectivity index (χ3n) is 3.89. The lowest BCUT2D eigenvalue weighted by molar-refractivity contribution is 0.102. The Labute approximate surface area is 129 Å². The smallest absolute Gasteiger partial charge is 0.276 e. The average Bonchev–Trinajstić information content (AvgIpc) is 3.02. The lowest BCUT2D eigenvalue weighted by Gasteiger charge is -2.22. The molecule has 1 aliphatic rings. The minimum Gasteiger partial charge on any atom is -0.506 e. The Morgan fingerprint density at radius 1 is 1.45 bits per heavy atom. The van der Waals surface area contributed by atoms with Crippen molar-refractivity contribution in [3.63, 3.8) is 0 Å². The van der Waals surface area contributed by atoms with Crippen LogP contribution in [0.5, 0.6) is 5.75 Å². The zero-order valence-electron chi connectivity index (χ0n) is 12.5. The van der Waals surface area contributed by atoms with E-state index in [1.807, 2.05) is 17.8 Å². The van der Waals surface area contributed by atoms with Gasteiger partial charge in [-0.15, -0.1) is 0 Å². The van der Waals surface area contributed by atoms with Crippen molar-refractivity contribution in [2.75, 3.05) is 18.4 Å². The van der Waals surface area contributed by atoms with E-state index >= 15 is 0 Å². The first-order valence-electron chi connectivity index (χ1n) is 7.50. The molecule has 3 N–H and O–H groups in total. The molecule has 1 atom stereocenters. The molecule has 116 valence electrons. The highest BCUT2D eigenvalue weighted by atomic mass is 16.3. The Morgan fingerprint density at radius 2 is 2.32 bits per heavy atom. The molecule has 2 heterocycles. The lowest BCUT2D eigenvalue weighted by Crippen LogP contribution is -2.32. The van der Waals surface area contributed by atoms with E-state index in [1.54, 1.807) is 24.3 Å². The molecule has 1 aromatic carbocycles. The molecule has 1 unspecified atom stereocenters. The normalized spacial score (nSPS) is 18.1. The second-order valence-electron chi connectivity index (χ2n) is 5.66. The molecule has 22 heavy (non-hydrogen) atoms. The second kappa shape index (κ2) is 6.19. The molecule has 0 spiro atoms. The number of carbonyl (C=O) groups excluding carboxylic acids is 1. The van der Waals surface area contributed by atoms with E-state index in [0.29, 0.717) is 17.4 Å². The number of rotatable bonds is 3. The topological polar surface area (TPSA) is 79.2 Å². The van der Waals surface area contributed by atoms with Gasteiger partial charge in [0.1, 0.15) is 5.75 Å². The summed E-state index contributed by atoms with van der Waals surface area (Å²) in [5.41, 5.74) is 1.72. The number of hydrogen-bond donors (Lipinski definition) is 3. The standard InChI is InChI=1S/C16H20N4O2/c1-11-4-5-15(21)14(9-11)18-16(22)13-6-8-20(19-13)12-3-2-7-17-10-12/h4-6,8-9,12,17,21H,2-3,7,10H2,1H3,(H,18,22). The van der Waals surface area contributed by atoms with Gasteiger partial charge in [-0.2, -0.15) is 5.10 Å². The van der Waals surface area contributed by atoms with E-state index in [0.717, 1.165) is 31.5 Å². The molecule has 6 nitrogen and oxygen atoms in total. The fourth-order valence-electron chi connectivity index (χ4n) is 2.66. The number of nitrogens with one attached hydrogen (secondary N) is 2. The predicted octanol–water partition coefficient (Wildman–Crippen LogP) is 2.07. The molecule has 0 radical (unpaired) electrons. The first kappa shape index (κ1) is 14.6. The molecular formula is C16H20N4O2. The lowest BCUT2D eigenvalue weighted by atomic mass is 10.1. The number of carbonyl (C=O) groups is 1. The minimum atomic E-state index is -0.316. The van der Waals surface area contributed by atoms with Crippen molar-refractivity contribution >= 4 is 11.6 Å². The average molecular weight is 300 g/mol. The van der Waals surface area contributed by atoms with Gasteiger partial charge in [0.15, 0.2) is 5.69 Å². The Kier molecular flexibility index (Phi) is 4.11. The number of nitrogens with zero attached hydrogens (tertiary/aromatic N) is 2. The van der Waals surface area contributed by atoms with Crippen LogP contribution in [-0.4, -0.2) is 33.9 Å². The summed E-state index contributed by atoms with van der Waals surface area (Å²) in [6.45, 7) is 3.82. The fourth-order valence-corrected chi connectivity index (χ4v) is 2.66. The monoisotopic (exact) mass is 300 g/mol. The van der Waals surface area contributed by atoms with Crippen LogP contribution in [0.1, 0.15) is 34.9 Å². The maximum absolute atomic E-state index is 12.3. The van der Waals surface area contributed by atoms with Gasteiger partial charge in [-0.3, -0.25) is 9.48 Å². The number of benzene rings is 1. The van der Waals surface area contributed by atoms with Gasteiger partial charge in [-0.1, -0.05) is 6.07 Å². The van der Waals surface area contributed by atoms with Crippen LogP contribution >= 0.6 is 0 Å². The van der Waals surface area contributed by atoms with Crippen molar-refractivity contribution in [1.82, 2.24) is 15.1 Å². The van der Waals surface area contributed by atoms with Crippen LogP contribution in [0.15, 0.2) is 30.5 Å². The van der Waals surface area contributed by atoms with Gasteiger partial charge in [0.25, 0.3) is 5.91 Å². The van der Waals surface area contributed by atoms with Gasteiger partial charge >= 0.3 is 0 Å². The van der Waals surface area contributed by atoms with E-state index in [9.17, 15) is 9.90 Å². The molecular weight excluding hydrogens is 280 g/mol. The molecule has 1 saturated heterocycles. The van der Waals surface area contributed by atoms with Crippen LogP contribution in [0.4, 0.5) is 5.69 Å². The minimum absolute atomic E-state index is 0.0508. The fraction of sp³-hybridized carbons (Fsp3) is 0.375. The Hall–Kier alpha value is -2.34. The van der Waals surface area contributed by atoms with Gasteiger partial charge in [0.2, 0.25) is 0 Å². The van der Waals surface area contributed by atoms with Crippen LogP contribution in [0.2, 0.25) is 0 Å². The molecule has 6 heteroatoms. The van der Waals surface area contributed by atoms with Gasteiger partial charge < -0.3 is 15.7 Å². The molecule has 0 bridgehead atoms. The summed E-state index contributed by atoms with van der Waals surface area (Å²) >= 11 is 0. The Bertz CT molecular complexity index is 675. The van der Waals surface area contributed by atoms with Gasteiger partial charge in [-0.05, 0) is 50.1 Å². The molecule has 0 saturated carbocycles. The van der Waals surface area contributed by atoms with Gasteiger partial charge in [0, 0.05) is 12.7 Å². The Balaban J connectivity index is 1.72. The molecule has 1 fully saturated rings. The number of amides is 1. The molecule has 0 aliphatic carbocycles. The number of phenols is 1. The molecule has 3 rings (SSSR count). The first-order chi connectivity index (χ1) is 10.6. The van der Waals surface area contributed by atoms with E-state index < -0.39 is 0 Å². The molecule has 1 amide bonds. The van der Waals surface area contributed by atoms with Crippen molar-refractivity contribution in [1.29, 1.82) is 0 Å². The van der Waals surface area contributed by atoms with Crippen LogP contribution in [0, 0.1) is 6.92 Å². The van der Waals surface area contributed by atoms with E-state index in [4.69, 9.17) is 0 Å². The summed E-state index contributed by atoms with van der Waals surface area (Å²) in [6.07, 6.45) is 4.01. The largest absolute Gasteiger partial charge is 0.506 e. The SMILES string of the molecule is Cc1ccc(O)c(NC(=O)c2ccn(C3CCCNC3)n2)c1. The predicted molar refractivity (Wildman–Crippen MR) is 84.2 cm³/mol. The summed E-state index contributed by atoms with van der Waals surface area (Å²) in [4.78, 5) is 12.3. The maximum atomic E-state index is 12.3. The number of aromatic hydroxyl groups is 1. The molecule has 1 aromatic heterocycles. The number of piperidine rings is 1. The van der Waals surface area contributed by atoms with Crippen LogP contribution in [0.25, 0.3) is 0 Å². The summed E-state index contributed by atoms with van der Waals surface area (Å²) in [6, 6.07) is 7.08. The maximum Gasteiger partial charge on any atom is 0.276 e. The van der Waals surface area contributed by atoms with Crippen LogP contribution < -0.4 is 10.6 Å². The van der Waals surface area contributed by atoms with Crippen molar-refractivity contribution in [2.24, 2.45) is 0 Å². The zero-order chi connectivity index (χ0) is 15.5. The molecule has 1 aliphatic heterocycles. The summed E-state index contributed by atoms with van der Waals surface area (Å²) < 4.78 is 1.84. The number of anilines is 1. The zero-order valence-corrected chi connectivity index (χ0v) is 12.5. The first-order valence-corrected chi connectivity index (χ1v) is 7.50. The highest BCUT2D eigenvalue weighted by Crippen LogP contribution is 2.24. The summed E-state index contributed by atoms with van der Waals surface area (Å²) in [5, 5.41) is 20.2. The molecule has 2 aromatic rings. The second-order valence-corrected chi connectivity index (χ2v) is 5.66. The Morgan fingerprint density at radius 3 is 3.09 bits per heavy atom. The highest BCUT2D eigenvalue weighted by molar-refractivity contribution is 6.03. The third-order valence-corrected chi connectivity index (χ3v) is 3.89. The van der Waals surface area contributed by atoms with Crippen molar-refractivity contribution < 1.29 is 9.90 Å². The summed E-state index contributed by atoms with van der Waals surface area (Å²) in [7, 11) is 0.